The Hall–Kier alpha value is -0.810. The molecule has 0 heterocycles. The van der Waals surface area contributed by atoms with Crippen molar-refractivity contribution in [3.8, 4) is 0 Å². The largest absolute Gasteiger partial charge is 0.396 e. The lowest BCUT2D eigenvalue weighted by atomic mass is 9.92. The van der Waals surface area contributed by atoms with E-state index in [0.29, 0.717) is 0 Å². The van der Waals surface area contributed by atoms with Crippen LogP contribution >= 0.6 is 15.9 Å². The van der Waals surface area contributed by atoms with Crippen molar-refractivity contribution in [3.63, 3.8) is 0 Å². The Morgan fingerprint density at radius 3 is 2.65 bits per heavy atom. The molecule has 1 unspecified atom stereocenters. The van der Waals surface area contributed by atoms with E-state index in [9.17, 15) is 13.6 Å². The zero-order valence-electron chi connectivity index (χ0n) is 9.34. The number of carbonyl (C=O) groups is 1. The standard InChI is InChI=1S/C12H13BrF2O2/c1-7(17)8(4-5-16)6-9-11(14)3-2-10(13)12(9)15/h2-3,8,16H,4-6H2,1H3. The average molecular weight is 307 g/mol. The van der Waals surface area contributed by atoms with Crippen molar-refractivity contribution in [3.05, 3.63) is 33.8 Å². The Morgan fingerprint density at radius 2 is 2.12 bits per heavy atom. The molecule has 1 N–H and O–H groups in total. The number of aliphatic hydroxyl groups is 1. The summed E-state index contributed by atoms with van der Waals surface area (Å²) in [6, 6.07) is 2.43. The van der Waals surface area contributed by atoms with E-state index in [-0.39, 0.29) is 35.3 Å². The summed E-state index contributed by atoms with van der Waals surface area (Å²) in [4.78, 5) is 11.3. The molecule has 5 heteroatoms. The maximum atomic E-state index is 13.7. The van der Waals surface area contributed by atoms with Crippen LogP contribution in [0.3, 0.4) is 0 Å². The number of halogens is 3. The molecular formula is C12H13BrF2O2. The van der Waals surface area contributed by atoms with Crippen molar-refractivity contribution in [2.75, 3.05) is 6.61 Å². The van der Waals surface area contributed by atoms with Crippen molar-refractivity contribution in [2.45, 2.75) is 19.8 Å². The molecule has 0 aromatic heterocycles. The third-order valence-corrected chi connectivity index (χ3v) is 3.25. The molecule has 0 aliphatic rings. The third kappa shape index (κ3) is 3.57. The van der Waals surface area contributed by atoms with Crippen LogP contribution in [-0.4, -0.2) is 17.5 Å². The van der Waals surface area contributed by atoms with Gasteiger partial charge in [0.05, 0.1) is 4.47 Å². The second-order valence-corrected chi connectivity index (χ2v) is 4.70. The highest BCUT2D eigenvalue weighted by atomic mass is 79.9. The van der Waals surface area contributed by atoms with Gasteiger partial charge in [0.15, 0.2) is 0 Å². The summed E-state index contributed by atoms with van der Waals surface area (Å²) >= 11 is 2.97. The van der Waals surface area contributed by atoms with Crippen LogP contribution in [0.25, 0.3) is 0 Å². The van der Waals surface area contributed by atoms with E-state index >= 15 is 0 Å². The number of carbonyl (C=O) groups excluding carboxylic acids is 1. The van der Waals surface area contributed by atoms with Gasteiger partial charge in [-0.25, -0.2) is 8.78 Å². The van der Waals surface area contributed by atoms with Gasteiger partial charge in [-0.2, -0.15) is 0 Å². The zero-order chi connectivity index (χ0) is 13.0. The van der Waals surface area contributed by atoms with Gasteiger partial charge >= 0.3 is 0 Å². The minimum atomic E-state index is -0.686. The van der Waals surface area contributed by atoms with Gasteiger partial charge in [-0.3, -0.25) is 4.79 Å². The molecule has 1 aromatic carbocycles. The summed E-state index contributed by atoms with van der Waals surface area (Å²) < 4.78 is 27.3. The molecule has 0 saturated carbocycles. The van der Waals surface area contributed by atoms with Gasteiger partial charge < -0.3 is 5.11 Å². The van der Waals surface area contributed by atoms with E-state index in [0.717, 1.165) is 6.07 Å². The molecule has 0 amide bonds. The number of rotatable bonds is 5. The monoisotopic (exact) mass is 306 g/mol. The summed E-state index contributed by atoms with van der Waals surface area (Å²) in [6.45, 7) is 1.18. The second-order valence-electron chi connectivity index (χ2n) is 3.85. The molecule has 2 nitrogen and oxygen atoms in total. The van der Waals surface area contributed by atoms with Gasteiger partial charge in [-0.1, -0.05) is 0 Å². The first-order chi connectivity index (χ1) is 7.97. The molecule has 1 aromatic rings. The minimum Gasteiger partial charge on any atom is -0.396 e. The first-order valence-corrected chi connectivity index (χ1v) is 6.00. The Kier molecular flexibility index (Phi) is 5.21. The molecule has 0 aliphatic carbocycles. The van der Waals surface area contributed by atoms with Crippen LogP contribution in [0.2, 0.25) is 0 Å². The van der Waals surface area contributed by atoms with Crippen molar-refractivity contribution in [1.29, 1.82) is 0 Å². The Morgan fingerprint density at radius 1 is 1.47 bits per heavy atom. The number of aliphatic hydroxyl groups excluding tert-OH is 1. The van der Waals surface area contributed by atoms with Crippen LogP contribution < -0.4 is 0 Å². The van der Waals surface area contributed by atoms with E-state index in [4.69, 9.17) is 5.11 Å². The first-order valence-electron chi connectivity index (χ1n) is 5.21. The van der Waals surface area contributed by atoms with Gasteiger partial charge in [-0.15, -0.1) is 0 Å². The fourth-order valence-electron chi connectivity index (χ4n) is 1.61. The van der Waals surface area contributed by atoms with Crippen molar-refractivity contribution < 1.29 is 18.7 Å². The summed E-state index contributed by atoms with van der Waals surface area (Å²) in [7, 11) is 0. The van der Waals surface area contributed by atoms with E-state index in [2.05, 4.69) is 15.9 Å². The van der Waals surface area contributed by atoms with Crippen LogP contribution in [0, 0.1) is 17.6 Å². The third-order valence-electron chi connectivity index (χ3n) is 2.64. The molecular weight excluding hydrogens is 294 g/mol. The summed E-state index contributed by atoms with van der Waals surface area (Å²) in [6.07, 6.45) is 0.174. The highest BCUT2D eigenvalue weighted by molar-refractivity contribution is 9.10. The van der Waals surface area contributed by atoms with Gasteiger partial charge in [0.1, 0.15) is 17.4 Å². The highest BCUT2D eigenvalue weighted by Gasteiger charge is 2.20. The zero-order valence-corrected chi connectivity index (χ0v) is 10.9. The molecule has 0 fully saturated rings. The van der Waals surface area contributed by atoms with E-state index in [1.807, 2.05) is 0 Å². The fraction of sp³-hybridized carbons (Fsp3) is 0.417. The lowest BCUT2D eigenvalue weighted by Crippen LogP contribution is -2.17. The van der Waals surface area contributed by atoms with E-state index in [1.165, 1.54) is 13.0 Å². The normalized spacial score (nSPS) is 12.5. The molecule has 0 saturated heterocycles. The molecule has 0 spiro atoms. The van der Waals surface area contributed by atoms with E-state index < -0.39 is 17.6 Å². The summed E-state index contributed by atoms with van der Waals surface area (Å²) in [5.41, 5.74) is -0.118. The van der Waals surface area contributed by atoms with Crippen LogP contribution in [-0.2, 0) is 11.2 Å². The van der Waals surface area contributed by atoms with Crippen molar-refractivity contribution in [2.24, 2.45) is 5.92 Å². The van der Waals surface area contributed by atoms with Gasteiger partial charge in [0.25, 0.3) is 0 Å². The number of ketones is 1. The summed E-state index contributed by atoms with van der Waals surface area (Å²) in [5.74, 6) is -2.10. The van der Waals surface area contributed by atoms with Crippen LogP contribution in [0.1, 0.15) is 18.9 Å². The molecule has 17 heavy (non-hydrogen) atoms. The SMILES string of the molecule is CC(=O)C(CCO)Cc1c(F)ccc(Br)c1F. The smallest absolute Gasteiger partial charge is 0.143 e. The molecule has 1 atom stereocenters. The predicted molar refractivity (Wildman–Crippen MR) is 63.6 cm³/mol. The van der Waals surface area contributed by atoms with Crippen molar-refractivity contribution >= 4 is 21.7 Å². The minimum absolute atomic E-state index is 0.0347. The second kappa shape index (κ2) is 6.21. The molecule has 0 bridgehead atoms. The van der Waals surface area contributed by atoms with Crippen LogP contribution in [0.4, 0.5) is 8.78 Å². The predicted octanol–water partition coefficient (Wildman–Crippen LogP) is 2.86. The summed E-state index contributed by atoms with van der Waals surface area (Å²) in [5, 5.41) is 8.81. The van der Waals surface area contributed by atoms with Crippen molar-refractivity contribution in [1.82, 2.24) is 0 Å². The average Bonchev–Trinajstić information content (AvgIpc) is 2.28. The highest BCUT2D eigenvalue weighted by Crippen LogP contribution is 2.25. The topological polar surface area (TPSA) is 37.3 Å². The maximum absolute atomic E-state index is 13.7. The first kappa shape index (κ1) is 14.3. The lowest BCUT2D eigenvalue weighted by Gasteiger charge is -2.14. The number of hydrogen-bond acceptors (Lipinski definition) is 2. The Labute approximate surface area is 107 Å². The number of Topliss-reactive ketones (excluding diaryl/α,β-unsaturated/α-hetero) is 1. The number of hydrogen-bond donors (Lipinski definition) is 1. The van der Waals surface area contributed by atoms with Gasteiger partial charge in [0.2, 0.25) is 0 Å². The van der Waals surface area contributed by atoms with Crippen LogP contribution in [0.5, 0.6) is 0 Å². The maximum Gasteiger partial charge on any atom is 0.143 e. The quantitative estimate of drug-likeness (QED) is 0.849. The lowest BCUT2D eigenvalue weighted by molar-refractivity contribution is -0.121. The van der Waals surface area contributed by atoms with Gasteiger partial charge in [0, 0.05) is 18.1 Å². The Bertz CT molecular complexity index is 421. The van der Waals surface area contributed by atoms with Crippen LogP contribution in [0.15, 0.2) is 16.6 Å². The fourth-order valence-corrected chi connectivity index (χ4v) is 1.98. The molecule has 94 valence electrons. The molecule has 0 aliphatic heterocycles. The van der Waals surface area contributed by atoms with Gasteiger partial charge in [-0.05, 0) is 47.8 Å². The Balaban J connectivity index is 3.00. The number of benzene rings is 1. The molecule has 0 radical (unpaired) electrons. The molecule has 1 rings (SSSR count). The van der Waals surface area contributed by atoms with E-state index in [1.54, 1.807) is 0 Å².